The zero-order valence-corrected chi connectivity index (χ0v) is 14.3. The number of nitrogens with zero attached hydrogens (tertiary/aromatic N) is 1. The number of thiazole rings is 1. The number of carboxylic acid groups (broad SMARTS) is 1. The SMILES string of the molecule is CCC(CC)(CC(=O)NC#Cc1nc(C2CCC2)cs1)C(=O)O. The van der Waals surface area contributed by atoms with Gasteiger partial charge in [-0.3, -0.25) is 14.9 Å². The molecule has 1 aromatic heterocycles. The first-order chi connectivity index (χ1) is 11.0. The zero-order chi connectivity index (χ0) is 16.9. The number of aliphatic carboxylic acids is 1. The van der Waals surface area contributed by atoms with Crippen molar-refractivity contribution >= 4 is 23.2 Å². The van der Waals surface area contributed by atoms with Gasteiger partial charge in [-0.25, -0.2) is 4.98 Å². The molecule has 2 rings (SSSR count). The molecule has 124 valence electrons. The van der Waals surface area contributed by atoms with Crippen LogP contribution in [0.3, 0.4) is 0 Å². The van der Waals surface area contributed by atoms with Crippen LogP contribution in [0.15, 0.2) is 5.38 Å². The largest absolute Gasteiger partial charge is 0.481 e. The molecule has 1 aliphatic rings. The number of hydrogen-bond acceptors (Lipinski definition) is 4. The number of nitrogens with one attached hydrogen (secondary N) is 1. The molecule has 0 spiro atoms. The van der Waals surface area contributed by atoms with Crippen molar-refractivity contribution in [3.8, 4) is 12.0 Å². The molecule has 5 nitrogen and oxygen atoms in total. The number of carbonyl (C=O) groups excluding carboxylic acids is 1. The van der Waals surface area contributed by atoms with E-state index in [1.807, 2.05) is 5.38 Å². The standard InChI is InChI=1S/C17H22N2O3S/c1-3-17(4-2,16(21)22)10-14(20)18-9-8-15-19-13(11-23-15)12-6-5-7-12/h11-12H,3-7,10H2,1-2H3,(H,18,20)(H,21,22). The van der Waals surface area contributed by atoms with E-state index in [2.05, 4.69) is 22.3 Å². The summed E-state index contributed by atoms with van der Waals surface area (Å²) in [6.45, 7) is 3.57. The fourth-order valence-corrected chi connectivity index (χ4v) is 3.36. The van der Waals surface area contributed by atoms with Gasteiger partial charge in [0.15, 0.2) is 5.01 Å². The molecule has 0 atom stereocenters. The molecule has 0 saturated heterocycles. The third-order valence-corrected chi connectivity index (χ3v) is 5.50. The van der Waals surface area contributed by atoms with E-state index in [0.29, 0.717) is 23.8 Å². The highest BCUT2D eigenvalue weighted by Gasteiger charge is 2.36. The lowest BCUT2D eigenvalue weighted by Crippen LogP contribution is -2.35. The lowest BCUT2D eigenvalue weighted by atomic mass is 9.79. The van der Waals surface area contributed by atoms with E-state index in [9.17, 15) is 14.7 Å². The third-order valence-electron chi connectivity index (χ3n) is 4.72. The van der Waals surface area contributed by atoms with E-state index >= 15 is 0 Å². The van der Waals surface area contributed by atoms with Crippen LogP contribution in [0.1, 0.15) is 69.0 Å². The van der Waals surface area contributed by atoms with Gasteiger partial charge in [-0.05, 0) is 31.6 Å². The fourth-order valence-electron chi connectivity index (χ4n) is 2.62. The van der Waals surface area contributed by atoms with E-state index in [4.69, 9.17) is 0 Å². The topological polar surface area (TPSA) is 79.3 Å². The van der Waals surface area contributed by atoms with E-state index < -0.39 is 11.4 Å². The van der Waals surface area contributed by atoms with Gasteiger partial charge in [-0.2, -0.15) is 0 Å². The van der Waals surface area contributed by atoms with Gasteiger partial charge in [0.1, 0.15) is 0 Å². The number of rotatable bonds is 6. The average molecular weight is 334 g/mol. The molecule has 6 heteroatoms. The quantitative estimate of drug-likeness (QED) is 0.619. The minimum absolute atomic E-state index is 0.0603. The van der Waals surface area contributed by atoms with Crippen LogP contribution in [-0.2, 0) is 9.59 Å². The van der Waals surface area contributed by atoms with Gasteiger partial charge in [0.05, 0.1) is 11.1 Å². The first-order valence-electron chi connectivity index (χ1n) is 7.99. The van der Waals surface area contributed by atoms with E-state index in [1.54, 1.807) is 13.8 Å². The van der Waals surface area contributed by atoms with Crippen LogP contribution >= 0.6 is 11.3 Å². The van der Waals surface area contributed by atoms with Gasteiger partial charge in [0.25, 0.3) is 0 Å². The maximum Gasteiger partial charge on any atom is 0.310 e. The van der Waals surface area contributed by atoms with Crippen molar-refractivity contribution in [1.82, 2.24) is 10.3 Å². The molecule has 1 aliphatic carbocycles. The van der Waals surface area contributed by atoms with Crippen molar-refractivity contribution in [3.63, 3.8) is 0 Å². The van der Waals surface area contributed by atoms with Crippen LogP contribution in [0.4, 0.5) is 0 Å². The molecule has 1 amide bonds. The van der Waals surface area contributed by atoms with Crippen molar-refractivity contribution in [2.75, 3.05) is 0 Å². The maximum atomic E-state index is 11.9. The highest BCUT2D eigenvalue weighted by atomic mass is 32.1. The zero-order valence-electron chi connectivity index (χ0n) is 13.5. The highest BCUT2D eigenvalue weighted by molar-refractivity contribution is 7.10. The molecule has 1 heterocycles. The molecule has 0 bridgehead atoms. The Hall–Kier alpha value is -1.87. The summed E-state index contributed by atoms with van der Waals surface area (Å²) in [5.41, 5.74) is 0.0865. The molecule has 23 heavy (non-hydrogen) atoms. The molecular weight excluding hydrogens is 312 g/mol. The predicted molar refractivity (Wildman–Crippen MR) is 89.0 cm³/mol. The lowest BCUT2D eigenvalue weighted by molar-refractivity contribution is -0.152. The molecule has 2 N–H and O–H groups in total. The summed E-state index contributed by atoms with van der Waals surface area (Å²) in [5.74, 6) is 2.10. The summed E-state index contributed by atoms with van der Waals surface area (Å²) in [6.07, 6.45) is 4.42. The van der Waals surface area contributed by atoms with Gasteiger partial charge >= 0.3 is 5.97 Å². The molecule has 0 unspecified atom stereocenters. The van der Waals surface area contributed by atoms with Gasteiger partial charge in [-0.1, -0.05) is 20.3 Å². The Morgan fingerprint density at radius 3 is 2.65 bits per heavy atom. The minimum atomic E-state index is -1.01. The normalized spacial score (nSPS) is 14.5. The number of carbonyl (C=O) groups is 2. The maximum absolute atomic E-state index is 11.9. The highest BCUT2D eigenvalue weighted by Crippen LogP contribution is 2.36. The Morgan fingerprint density at radius 2 is 2.13 bits per heavy atom. The Labute approximate surface area is 140 Å². The second kappa shape index (κ2) is 7.60. The van der Waals surface area contributed by atoms with Crippen LogP contribution < -0.4 is 5.32 Å². The summed E-state index contributed by atoms with van der Waals surface area (Å²) in [6, 6.07) is 2.60. The van der Waals surface area contributed by atoms with Gasteiger partial charge in [0.2, 0.25) is 5.91 Å². The summed E-state index contributed by atoms with van der Waals surface area (Å²) >= 11 is 1.48. The van der Waals surface area contributed by atoms with Gasteiger partial charge in [-0.15, -0.1) is 11.3 Å². The average Bonchev–Trinajstić information content (AvgIpc) is 2.91. The summed E-state index contributed by atoms with van der Waals surface area (Å²) < 4.78 is 0. The second-order valence-corrected chi connectivity index (χ2v) is 6.83. The summed E-state index contributed by atoms with van der Waals surface area (Å²) in [5, 5.41) is 14.5. The van der Waals surface area contributed by atoms with E-state index in [0.717, 1.165) is 5.69 Å². The first-order valence-corrected chi connectivity index (χ1v) is 8.87. The monoisotopic (exact) mass is 334 g/mol. The summed E-state index contributed by atoms with van der Waals surface area (Å²) in [4.78, 5) is 27.8. The molecule has 0 aliphatic heterocycles. The Morgan fingerprint density at radius 1 is 1.43 bits per heavy atom. The van der Waals surface area contributed by atoms with Gasteiger partial charge in [0, 0.05) is 23.8 Å². The summed E-state index contributed by atoms with van der Waals surface area (Å²) in [7, 11) is 0. The van der Waals surface area contributed by atoms with Crippen LogP contribution in [0, 0.1) is 17.4 Å². The van der Waals surface area contributed by atoms with Crippen molar-refractivity contribution in [2.45, 2.75) is 58.3 Å². The second-order valence-electron chi connectivity index (χ2n) is 5.97. The first kappa shape index (κ1) is 17.5. The Balaban J connectivity index is 1.91. The minimum Gasteiger partial charge on any atom is -0.481 e. The van der Waals surface area contributed by atoms with Crippen LogP contribution in [-0.4, -0.2) is 22.0 Å². The Bertz CT molecular complexity index is 634. The van der Waals surface area contributed by atoms with Crippen LogP contribution in [0.25, 0.3) is 0 Å². The number of aromatic nitrogens is 1. The molecule has 1 fully saturated rings. The third kappa shape index (κ3) is 4.11. The van der Waals surface area contributed by atoms with Crippen molar-refractivity contribution in [3.05, 3.63) is 16.1 Å². The number of carboxylic acids is 1. The molecule has 0 aromatic carbocycles. The van der Waals surface area contributed by atoms with Crippen LogP contribution in [0.5, 0.6) is 0 Å². The molecule has 1 aromatic rings. The van der Waals surface area contributed by atoms with Crippen LogP contribution in [0.2, 0.25) is 0 Å². The van der Waals surface area contributed by atoms with Gasteiger partial charge < -0.3 is 5.11 Å². The van der Waals surface area contributed by atoms with Crippen molar-refractivity contribution in [1.29, 1.82) is 0 Å². The number of hydrogen-bond donors (Lipinski definition) is 2. The molecule has 0 radical (unpaired) electrons. The lowest BCUT2D eigenvalue weighted by Gasteiger charge is -2.25. The molecule has 1 saturated carbocycles. The number of amides is 1. The Kier molecular flexibility index (Phi) is 5.78. The molecular formula is C17H22N2O3S. The predicted octanol–water partition coefficient (Wildman–Crippen LogP) is 3.12. The smallest absolute Gasteiger partial charge is 0.310 e. The van der Waals surface area contributed by atoms with E-state index in [1.165, 1.54) is 30.6 Å². The fraction of sp³-hybridized carbons (Fsp3) is 0.588. The van der Waals surface area contributed by atoms with Crippen molar-refractivity contribution < 1.29 is 14.7 Å². The van der Waals surface area contributed by atoms with E-state index in [-0.39, 0.29) is 12.3 Å². The van der Waals surface area contributed by atoms with Crippen molar-refractivity contribution in [2.24, 2.45) is 5.41 Å².